The number of benzene rings is 2. The molecule has 0 bridgehead atoms. The predicted octanol–water partition coefficient (Wildman–Crippen LogP) is 6.83. The first kappa shape index (κ1) is 22.4. The summed E-state index contributed by atoms with van der Waals surface area (Å²) in [7, 11) is 0. The lowest BCUT2D eigenvalue weighted by Crippen LogP contribution is -2.48. The Morgan fingerprint density at radius 1 is 1.23 bits per heavy atom. The number of rotatable bonds is 7. The Labute approximate surface area is 195 Å². The molecule has 4 rings (SSSR count). The van der Waals surface area contributed by atoms with E-state index >= 15 is 0 Å². The van der Waals surface area contributed by atoms with Gasteiger partial charge in [0, 0.05) is 36.3 Å². The molecule has 1 aliphatic heterocycles. The highest BCUT2D eigenvalue weighted by atomic mass is 35.5. The maximum absolute atomic E-state index is 14.6. The average molecular weight is 478 g/mol. The third kappa shape index (κ3) is 5.34. The standard InChI is InChI=1S/C23H25ClFN3OS2/c1-23(2,16-6-4-3-5-7-16)28-11-8-17(9-12-28)29-20-15-19(25)21(14-18(20)24)31-27-22-26-10-13-30-22/h3-7,10,13-15,17H,8-9,11-12H2,1-2H3,(H,26,27). The average Bonchev–Trinajstić information content (AvgIpc) is 3.30. The molecule has 2 heterocycles. The van der Waals surface area contributed by atoms with Gasteiger partial charge in [0.25, 0.3) is 0 Å². The van der Waals surface area contributed by atoms with Gasteiger partial charge in [-0.15, -0.1) is 11.3 Å². The molecule has 0 amide bonds. The lowest BCUT2D eigenvalue weighted by molar-refractivity contribution is 0.0391. The lowest BCUT2D eigenvalue weighted by Gasteiger charge is -2.43. The van der Waals surface area contributed by atoms with Crippen molar-refractivity contribution >= 4 is 40.0 Å². The van der Waals surface area contributed by atoms with E-state index in [1.807, 2.05) is 11.4 Å². The van der Waals surface area contributed by atoms with Crippen molar-refractivity contribution in [1.29, 1.82) is 0 Å². The van der Waals surface area contributed by atoms with Crippen molar-refractivity contribution in [1.82, 2.24) is 9.88 Å². The number of thiazole rings is 1. The van der Waals surface area contributed by atoms with E-state index in [-0.39, 0.29) is 17.5 Å². The largest absolute Gasteiger partial charge is 0.489 e. The normalized spacial score (nSPS) is 15.7. The Morgan fingerprint density at radius 2 is 1.97 bits per heavy atom. The Morgan fingerprint density at radius 3 is 2.65 bits per heavy atom. The topological polar surface area (TPSA) is 37.4 Å². The van der Waals surface area contributed by atoms with Crippen molar-refractivity contribution in [2.24, 2.45) is 0 Å². The summed E-state index contributed by atoms with van der Waals surface area (Å²) in [6.07, 6.45) is 3.46. The predicted molar refractivity (Wildman–Crippen MR) is 128 cm³/mol. The SMILES string of the molecule is CC(C)(c1ccccc1)N1CCC(Oc2cc(F)c(SNc3nccs3)cc2Cl)CC1. The van der Waals surface area contributed by atoms with E-state index in [1.165, 1.54) is 23.0 Å². The lowest BCUT2D eigenvalue weighted by atomic mass is 9.90. The van der Waals surface area contributed by atoms with E-state index in [1.54, 1.807) is 12.3 Å². The molecule has 164 valence electrons. The fourth-order valence-electron chi connectivity index (χ4n) is 3.79. The molecule has 0 atom stereocenters. The molecule has 0 unspecified atom stereocenters. The van der Waals surface area contributed by atoms with E-state index in [0.717, 1.165) is 37.9 Å². The van der Waals surface area contributed by atoms with E-state index in [9.17, 15) is 4.39 Å². The second-order valence-corrected chi connectivity index (χ2v) is 10.1. The van der Waals surface area contributed by atoms with Gasteiger partial charge >= 0.3 is 0 Å². The quantitative estimate of drug-likeness (QED) is 0.377. The van der Waals surface area contributed by atoms with Crippen LogP contribution in [0.25, 0.3) is 0 Å². The minimum Gasteiger partial charge on any atom is -0.489 e. The first-order chi connectivity index (χ1) is 14.9. The summed E-state index contributed by atoms with van der Waals surface area (Å²) in [5.74, 6) is 0.0367. The molecule has 4 nitrogen and oxygen atoms in total. The van der Waals surface area contributed by atoms with E-state index in [0.29, 0.717) is 20.8 Å². The molecule has 0 spiro atoms. The summed E-state index contributed by atoms with van der Waals surface area (Å²) in [5, 5.41) is 2.98. The van der Waals surface area contributed by atoms with Gasteiger partial charge in [-0.05, 0) is 50.3 Å². The Bertz CT molecular complexity index is 994. The number of likely N-dealkylation sites (tertiary alicyclic amines) is 1. The minimum atomic E-state index is -0.365. The monoisotopic (exact) mass is 477 g/mol. The zero-order valence-corrected chi connectivity index (χ0v) is 19.9. The van der Waals surface area contributed by atoms with Crippen LogP contribution in [0.4, 0.5) is 9.52 Å². The zero-order chi connectivity index (χ0) is 21.8. The first-order valence-corrected chi connectivity index (χ1v) is 12.3. The first-order valence-electron chi connectivity index (χ1n) is 10.2. The third-order valence-corrected chi connectivity index (χ3v) is 7.61. The maximum Gasteiger partial charge on any atom is 0.192 e. The molecule has 1 N–H and O–H groups in total. The second-order valence-electron chi connectivity index (χ2n) is 7.98. The molecule has 8 heteroatoms. The Hall–Kier alpha value is -1.80. The van der Waals surface area contributed by atoms with Crippen molar-refractivity contribution in [3.05, 3.63) is 70.4 Å². The Kier molecular flexibility index (Phi) is 7.06. The summed E-state index contributed by atoms with van der Waals surface area (Å²) in [6.45, 7) is 6.34. The van der Waals surface area contributed by atoms with Gasteiger partial charge in [-0.25, -0.2) is 9.37 Å². The van der Waals surface area contributed by atoms with Crippen LogP contribution in [0.2, 0.25) is 5.02 Å². The molecule has 3 aromatic rings. The van der Waals surface area contributed by atoms with Crippen molar-refractivity contribution in [2.45, 2.75) is 43.2 Å². The number of nitrogens with one attached hydrogen (secondary N) is 1. The molecular weight excluding hydrogens is 453 g/mol. The zero-order valence-electron chi connectivity index (χ0n) is 17.5. The highest BCUT2D eigenvalue weighted by Gasteiger charge is 2.32. The van der Waals surface area contributed by atoms with E-state index < -0.39 is 0 Å². The molecule has 0 radical (unpaired) electrons. The maximum atomic E-state index is 14.6. The third-order valence-electron chi connectivity index (χ3n) is 5.67. The number of nitrogens with zero attached hydrogens (tertiary/aromatic N) is 2. The number of piperidine rings is 1. The van der Waals surface area contributed by atoms with Crippen LogP contribution in [-0.4, -0.2) is 29.1 Å². The van der Waals surface area contributed by atoms with Gasteiger partial charge in [0.1, 0.15) is 17.7 Å². The van der Waals surface area contributed by atoms with Gasteiger partial charge in [0.05, 0.1) is 9.92 Å². The van der Waals surface area contributed by atoms with Crippen molar-refractivity contribution in [3.8, 4) is 5.75 Å². The highest BCUT2D eigenvalue weighted by molar-refractivity contribution is 8.00. The van der Waals surface area contributed by atoms with Crippen LogP contribution in [0.15, 0.2) is 58.9 Å². The number of ether oxygens (including phenoxy) is 1. The number of aromatic nitrogens is 1. The fourth-order valence-corrected chi connectivity index (χ4v) is 5.34. The van der Waals surface area contributed by atoms with E-state index in [2.05, 4.69) is 52.7 Å². The fraction of sp³-hybridized carbons (Fsp3) is 0.348. The molecule has 1 saturated heterocycles. The van der Waals surface area contributed by atoms with Crippen LogP contribution < -0.4 is 9.46 Å². The molecular formula is C23H25ClFN3OS2. The van der Waals surface area contributed by atoms with Gasteiger partial charge in [0.2, 0.25) is 0 Å². The van der Waals surface area contributed by atoms with Crippen LogP contribution in [-0.2, 0) is 5.54 Å². The van der Waals surface area contributed by atoms with Gasteiger partial charge in [0.15, 0.2) is 5.13 Å². The molecule has 31 heavy (non-hydrogen) atoms. The summed E-state index contributed by atoms with van der Waals surface area (Å²) in [4.78, 5) is 7.01. The van der Waals surface area contributed by atoms with Crippen LogP contribution in [0.3, 0.4) is 0 Å². The van der Waals surface area contributed by atoms with Crippen LogP contribution in [0.1, 0.15) is 32.3 Å². The van der Waals surface area contributed by atoms with Gasteiger partial charge in [-0.2, -0.15) is 0 Å². The van der Waals surface area contributed by atoms with Gasteiger partial charge in [-0.1, -0.05) is 41.9 Å². The van der Waals surface area contributed by atoms with E-state index in [4.69, 9.17) is 16.3 Å². The summed E-state index contributed by atoms with van der Waals surface area (Å²) < 4.78 is 23.7. The molecule has 0 saturated carbocycles. The summed E-state index contributed by atoms with van der Waals surface area (Å²) in [5.41, 5.74) is 1.26. The number of halogens is 2. The molecule has 0 aliphatic carbocycles. The molecule has 1 aliphatic rings. The van der Waals surface area contributed by atoms with Crippen LogP contribution >= 0.6 is 34.9 Å². The number of hydrogen-bond donors (Lipinski definition) is 1. The molecule has 1 fully saturated rings. The smallest absolute Gasteiger partial charge is 0.192 e. The molecule has 2 aromatic carbocycles. The van der Waals surface area contributed by atoms with Gasteiger partial charge < -0.3 is 9.46 Å². The van der Waals surface area contributed by atoms with Crippen LogP contribution in [0.5, 0.6) is 5.75 Å². The highest BCUT2D eigenvalue weighted by Crippen LogP contribution is 2.36. The number of hydrogen-bond acceptors (Lipinski definition) is 6. The van der Waals surface area contributed by atoms with Gasteiger partial charge in [-0.3, -0.25) is 4.90 Å². The number of anilines is 1. The molecule has 1 aromatic heterocycles. The van der Waals surface area contributed by atoms with Crippen molar-refractivity contribution in [2.75, 3.05) is 17.8 Å². The van der Waals surface area contributed by atoms with Crippen molar-refractivity contribution in [3.63, 3.8) is 0 Å². The summed E-state index contributed by atoms with van der Waals surface area (Å²) in [6, 6.07) is 13.5. The summed E-state index contributed by atoms with van der Waals surface area (Å²) >= 11 is 9.01. The van der Waals surface area contributed by atoms with Crippen molar-refractivity contribution < 1.29 is 9.13 Å². The van der Waals surface area contributed by atoms with Crippen LogP contribution in [0, 0.1) is 5.82 Å². The Balaban J connectivity index is 1.35. The minimum absolute atomic E-state index is 0.0201. The second kappa shape index (κ2) is 9.77.